The maximum Gasteiger partial charge on any atom is 0.234 e. The lowest BCUT2D eigenvalue weighted by atomic mass is 10.1. The number of nitrogens with one attached hydrogen (secondary N) is 1. The van der Waals surface area contributed by atoms with Gasteiger partial charge in [0.15, 0.2) is 5.78 Å². The van der Waals surface area contributed by atoms with Gasteiger partial charge in [-0.15, -0.1) is 0 Å². The van der Waals surface area contributed by atoms with E-state index in [1.807, 2.05) is 31.2 Å². The third-order valence-corrected chi connectivity index (χ3v) is 4.59. The van der Waals surface area contributed by atoms with Gasteiger partial charge in [0.2, 0.25) is 5.91 Å². The molecule has 0 fully saturated rings. The number of Topliss-reactive ketones (excluding diaryl/α,β-unsaturated/α-hetero) is 1. The van der Waals surface area contributed by atoms with Crippen molar-refractivity contribution in [3.8, 4) is 0 Å². The Morgan fingerprint density at radius 3 is 2.56 bits per heavy atom. The van der Waals surface area contributed by atoms with E-state index in [1.165, 1.54) is 18.7 Å². The molecule has 0 aliphatic heterocycles. The average Bonchev–Trinajstić information content (AvgIpc) is 2.59. The molecule has 0 saturated heterocycles. The second-order valence-corrected chi connectivity index (χ2v) is 6.50. The van der Waals surface area contributed by atoms with E-state index in [-0.39, 0.29) is 17.4 Å². The number of fused-ring (bicyclic) bond motifs is 1. The highest BCUT2D eigenvalue weighted by molar-refractivity contribution is 8.00. The number of hydrogen-bond acceptors (Lipinski definition) is 5. The number of hydrogen-bond donors (Lipinski definition) is 1. The van der Waals surface area contributed by atoms with Gasteiger partial charge in [0.05, 0.1) is 17.0 Å². The Bertz CT molecular complexity index is 956. The van der Waals surface area contributed by atoms with E-state index in [9.17, 15) is 9.59 Å². The first kappa shape index (κ1) is 17.1. The number of nitrogens with zero attached hydrogens (tertiary/aromatic N) is 2. The van der Waals surface area contributed by atoms with Crippen LogP contribution in [0.25, 0.3) is 10.9 Å². The fourth-order valence-electron chi connectivity index (χ4n) is 2.49. The molecule has 0 atom stereocenters. The predicted molar refractivity (Wildman–Crippen MR) is 100 cm³/mol. The molecule has 0 aliphatic rings. The smallest absolute Gasteiger partial charge is 0.234 e. The minimum atomic E-state index is -0.181. The highest BCUT2D eigenvalue weighted by Crippen LogP contribution is 2.25. The van der Waals surface area contributed by atoms with Gasteiger partial charge in [-0.3, -0.25) is 9.59 Å². The van der Waals surface area contributed by atoms with Gasteiger partial charge in [0, 0.05) is 10.9 Å². The molecule has 0 aliphatic carbocycles. The van der Waals surface area contributed by atoms with Crippen LogP contribution in [0.5, 0.6) is 0 Å². The van der Waals surface area contributed by atoms with Crippen molar-refractivity contribution in [2.45, 2.75) is 18.9 Å². The Labute approximate surface area is 149 Å². The van der Waals surface area contributed by atoms with Gasteiger partial charge in [-0.25, -0.2) is 9.97 Å². The fourth-order valence-corrected chi connectivity index (χ4v) is 3.35. The molecule has 1 amide bonds. The van der Waals surface area contributed by atoms with Crippen LogP contribution in [-0.4, -0.2) is 27.4 Å². The second-order valence-electron chi connectivity index (χ2n) is 5.53. The first-order chi connectivity index (χ1) is 12.0. The quantitative estimate of drug-likeness (QED) is 0.429. The molecule has 0 saturated carbocycles. The van der Waals surface area contributed by atoms with Crippen molar-refractivity contribution in [3.63, 3.8) is 0 Å². The summed E-state index contributed by atoms with van der Waals surface area (Å²) in [6.07, 6.45) is 0. The Balaban J connectivity index is 1.75. The van der Waals surface area contributed by atoms with Crippen molar-refractivity contribution in [3.05, 3.63) is 59.9 Å². The summed E-state index contributed by atoms with van der Waals surface area (Å²) in [4.78, 5) is 32.8. The van der Waals surface area contributed by atoms with Gasteiger partial charge in [-0.1, -0.05) is 42.1 Å². The maximum atomic E-state index is 12.3. The van der Waals surface area contributed by atoms with Crippen LogP contribution in [0.3, 0.4) is 0 Å². The summed E-state index contributed by atoms with van der Waals surface area (Å²) in [6.45, 7) is 3.31. The molecule has 126 valence electrons. The second kappa shape index (κ2) is 7.44. The Hall–Kier alpha value is -2.73. The zero-order valence-corrected chi connectivity index (χ0v) is 14.8. The number of amides is 1. The van der Waals surface area contributed by atoms with Crippen LogP contribution >= 0.6 is 11.8 Å². The molecule has 25 heavy (non-hydrogen) atoms. The molecule has 5 nitrogen and oxygen atoms in total. The summed E-state index contributed by atoms with van der Waals surface area (Å²) in [5, 5.41) is 4.50. The Morgan fingerprint density at radius 2 is 1.76 bits per heavy atom. The van der Waals surface area contributed by atoms with Crippen LogP contribution in [0.1, 0.15) is 23.1 Å². The van der Waals surface area contributed by atoms with Crippen molar-refractivity contribution in [1.29, 1.82) is 0 Å². The average molecular weight is 351 g/mol. The number of carbonyl (C=O) groups excluding carboxylic acids is 2. The molecule has 2 aromatic carbocycles. The summed E-state index contributed by atoms with van der Waals surface area (Å²) in [6, 6.07) is 14.7. The molecule has 1 N–H and O–H groups in total. The van der Waals surface area contributed by atoms with Crippen LogP contribution in [-0.2, 0) is 4.79 Å². The minimum absolute atomic E-state index is 0.0824. The van der Waals surface area contributed by atoms with Crippen molar-refractivity contribution < 1.29 is 9.59 Å². The normalized spacial score (nSPS) is 10.6. The number of para-hydroxylation sites is 2. The lowest BCUT2D eigenvalue weighted by Crippen LogP contribution is -2.16. The van der Waals surface area contributed by atoms with Crippen molar-refractivity contribution >= 4 is 40.0 Å². The van der Waals surface area contributed by atoms with Crippen molar-refractivity contribution in [1.82, 2.24) is 9.97 Å². The third kappa shape index (κ3) is 4.03. The van der Waals surface area contributed by atoms with E-state index >= 15 is 0 Å². The van der Waals surface area contributed by atoms with Gasteiger partial charge in [-0.05, 0) is 32.0 Å². The lowest BCUT2D eigenvalue weighted by Gasteiger charge is -2.09. The van der Waals surface area contributed by atoms with Gasteiger partial charge in [0.1, 0.15) is 10.9 Å². The first-order valence-corrected chi connectivity index (χ1v) is 8.79. The molecule has 3 aromatic rings. The summed E-state index contributed by atoms with van der Waals surface area (Å²) in [7, 11) is 0. The topological polar surface area (TPSA) is 72.0 Å². The van der Waals surface area contributed by atoms with Gasteiger partial charge in [0.25, 0.3) is 0 Å². The molecule has 0 bridgehead atoms. The summed E-state index contributed by atoms with van der Waals surface area (Å²) in [5.41, 5.74) is 1.90. The van der Waals surface area contributed by atoms with Crippen molar-refractivity contribution in [2.75, 3.05) is 11.1 Å². The molecule has 0 spiro atoms. The number of rotatable bonds is 5. The van der Waals surface area contributed by atoms with E-state index < -0.39 is 0 Å². The molecular formula is C19H17N3O2S. The monoisotopic (exact) mass is 351 g/mol. The molecule has 0 unspecified atom stereocenters. The first-order valence-electron chi connectivity index (χ1n) is 7.80. The van der Waals surface area contributed by atoms with Gasteiger partial charge < -0.3 is 5.32 Å². The zero-order valence-electron chi connectivity index (χ0n) is 13.9. The minimum Gasteiger partial charge on any atom is -0.325 e. The number of ketones is 1. The van der Waals surface area contributed by atoms with E-state index in [0.717, 1.165) is 15.9 Å². The van der Waals surface area contributed by atoms with Crippen LogP contribution in [0.2, 0.25) is 0 Å². The van der Waals surface area contributed by atoms with Gasteiger partial charge in [-0.2, -0.15) is 0 Å². The predicted octanol–water partition coefficient (Wildman–Crippen LogP) is 3.87. The molecular weight excluding hydrogens is 334 g/mol. The summed E-state index contributed by atoms with van der Waals surface area (Å²) in [5.74, 6) is 0.607. The summed E-state index contributed by atoms with van der Waals surface area (Å²) >= 11 is 1.36. The highest BCUT2D eigenvalue weighted by atomic mass is 32.2. The summed E-state index contributed by atoms with van der Waals surface area (Å²) < 4.78 is 0. The van der Waals surface area contributed by atoms with Crippen molar-refractivity contribution in [2.24, 2.45) is 0 Å². The number of anilines is 1. The van der Waals surface area contributed by atoms with Gasteiger partial charge >= 0.3 is 0 Å². The Kier molecular flexibility index (Phi) is 5.09. The number of carbonyl (C=O) groups is 2. The molecule has 0 radical (unpaired) electrons. The standard InChI is InChI=1S/C19H17N3O2S/c1-12(23)14-7-3-5-9-16(14)22-18(24)11-25-19-15-8-4-6-10-17(15)20-13(2)21-19/h3-10H,11H2,1-2H3,(H,22,24). The van der Waals surface area contributed by atoms with Crippen LogP contribution < -0.4 is 5.32 Å². The van der Waals surface area contributed by atoms with Crippen LogP contribution in [0.4, 0.5) is 5.69 Å². The number of aromatic nitrogens is 2. The lowest BCUT2D eigenvalue weighted by molar-refractivity contribution is -0.113. The third-order valence-electron chi connectivity index (χ3n) is 3.60. The molecule has 6 heteroatoms. The number of benzene rings is 2. The van der Waals surface area contributed by atoms with E-state index in [0.29, 0.717) is 17.1 Å². The maximum absolute atomic E-state index is 12.3. The SMILES string of the molecule is CC(=O)c1ccccc1NC(=O)CSc1nc(C)nc2ccccc12. The van der Waals surface area contributed by atoms with E-state index in [2.05, 4.69) is 15.3 Å². The van der Waals surface area contributed by atoms with E-state index in [1.54, 1.807) is 24.3 Å². The largest absolute Gasteiger partial charge is 0.325 e. The zero-order chi connectivity index (χ0) is 17.8. The Morgan fingerprint density at radius 1 is 1.04 bits per heavy atom. The van der Waals surface area contributed by atoms with Crippen LogP contribution in [0, 0.1) is 6.92 Å². The van der Waals surface area contributed by atoms with Crippen LogP contribution in [0.15, 0.2) is 53.6 Å². The highest BCUT2D eigenvalue weighted by Gasteiger charge is 2.12. The molecule has 3 rings (SSSR count). The number of aryl methyl sites for hydroxylation is 1. The molecule has 1 aromatic heterocycles. The number of thioether (sulfide) groups is 1. The van der Waals surface area contributed by atoms with E-state index in [4.69, 9.17) is 0 Å². The fraction of sp³-hybridized carbons (Fsp3) is 0.158. The molecule has 1 heterocycles.